The van der Waals surface area contributed by atoms with Crippen molar-refractivity contribution in [1.82, 2.24) is 0 Å². The molecular weight excluding hydrogens is 172 g/mol. The average Bonchev–Trinajstić information content (AvgIpc) is 2.15. The third kappa shape index (κ3) is 2.98. The molecule has 2 heteroatoms. The Hall–Kier alpha value is -1.70. The van der Waals surface area contributed by atoms with Crippen LogP contribution < -0.4 is 11.5 Å². The number of hydrogen-bond acceptors (Lipinski definition) is 2. The highest BCUT2D eigenvalue weighted by Crippen LogP contribution is 2.10. The van der Waals surface area contributed by atoms with Crippen molar-refractivity contribution in [2.45, 2.75) is 13.8 Å². The topological polar surface area (TPSA) is 52.0 Å². The summed E-state index contributed by atoms with van der Waals surface area (Å²) >= 11 is 0. The molecule has 74 valence electrons. The monoisotopic (exact) mass is 188 g/mol. The first-order chi connectivity index (χ1) is 6.59. The summed E-state index contributed by atoms with van der Waals surface area (Å²) in [4.78, 5) is 0. The molecule has 1 aromatic carbocycles. The van der Waals surface area contributed by atoms with Crippen LogP contribution in [-0.2, 0) is 0 Å². The van der Waals surface area contributed by atoms with Crippen LogP contribution in [0.5, 0.6) is 0 Å². The molecule has 1 rings (SSSR count). The molecule has 0 aliphatic heterocycles. The van der Waals surface area contributed by atoms with E-state index in [1.54, 1.807) is 6.08 Å². The number of rotatable bonds is 2. The summed E-state index contributed by atoms with van der Waals surface area (Å²) < 4.78 is 0. The molecule has 0 unspecified atom stereocenters. The van der Waals surface area contributed by atoms with E-state index in [4.69, 9.17) is 11.5 Å². The largest absolute Gasteiger partial charge is 0.402 e. The Balaban J connectivity index is 2.89. The Kier molecular flexibility index (Phi) is 3.35. The molecule has 0 spiro atoms. The predicted octanol–water partition coefficient (Wildman–Crippen LogP) is 2.16. The van der Waals surface area contributed by atoms with E-state index in [-0.39, 0.29) is 0 Å². The van der Waals surface area contributed by atoms with Gasteiger partial charge in [-0.1, -0.05) is 29.8 Å². The zero-order valence-electron chi connectivity index (χ0n) is 8.62. The number of aryl methyl sites for hydroxylation is 1. The van der Waals surface area contributed by atoms with Gasteiger partial charge in [0.1, 0.15) is 0 Å². The molecular formula is C12H16N2. The molecule has 0 bridgehead atoms. The van der Waals surface area contributed by atoms with Crippen LogP contribution in [0.4, 0.5) is 0 Å². The van der Waals surface area contributed by atoms with E-state index in [2.05, 4.69) is 0 Å². The van der Waals surface area contributed by atoms with Crippen LogP contribution in [0.15, 0.2) is 42.1 Å². The number of allylic oxidation sites excluding steroid dienone is 3. The fraction of sp³-hybridized carbons (Fsp3) is 0.167. The first kappa shape index (κ1) is 10.4. The number of nitrogens with two attached hydrogens (primary N) is 2. The first-order valence-electron chi connectivity index (χ1n) is 4.56. The highest BCUT2D eigenvalue weighted by atomic mass is 14.6. The van der Waals surface area contributed by atoms with E-state index in [0.717, 1.165) is 17.0 Å². The summed E-state index contributed by atoms with van der Waals surface area (Å²) in [5.74, 6) is 0. The van der Waals surface area contributed by atoms with Crippen molar-refractivity contribution in [1.29, 1.82) is 0 Å². The maximum absolute atomic E-state index is 5.85. The maximum atomic E-state index is 5.85. The van der Waals surface area contributed by atoms with Gasteiger partial charge >= 0.3 is 0 Å². The lowest BCUT2D eigenvalue weighted by molar-refractivity contribution is 1.31. The molecule has 0 saturated carbocycles. The van der Waals surface area contributed by atoms with E-state index in [0.29, 0.717) is 0 Å². The Morgan fingerprint density at radius 3 is 2.14 bits per heavy atom. The average molecular weight is 188 g/mol. The van der Waals surface area contributed by atoms with Crippen molar-refractivity contribution in [2.75, 3.05) is 0 Å². The standard InChI is InChI=1S/C12H16N2/c1-9-3-6-11(7-4-9)12(14)8-5-10(2)13/h3-8H,13-14H2,1-2H3/b10-5-,12-8-. The lowest BCUT2D eigenvalue weighted by Crippen LogP contribution is -1.96. The summed E-state index contributed by atoms with van der Waals surface area (Å²) in [5, 5.41) is 0. The molecule has 0 aliphatic rings. The SMILES string of the molecule is C/C(N)=C/C=C(\N)c1ccc(C)cc1. The van der Waals surface area contributed by atoms with Crippen LogP contribution in [0.3, 0.4) is 0 Å². The maximum Gasteiger partial charge on any atom is 0.0388 e. The van der Waals surface area contributed by atoms with Crippen LogP contribution in [0.2, 0.25) is 0 Å². The van der Waals surface area contributed by atoms with Crippen molar-refractivity contribution < 1.29 is 0 Å². The van der Waals surface area contributed by atoms with E-state index >= 15 is 0 Å². The first-order valence-corrected chi connectivity index (χ1v) is 4.56. The summed E-state index contributed by atoms with van der Waals surface area (Å²) in [5.41, 5.74) is 15.1. The molecule has 14 heavy (non-hydrogen) atoms. The Morgan fingerprint density at radius 2 is 1.64 bits per heavy atom. The normalized spacial score (nSPS) is 13.0. The zero-order valence-corrected chi connectivity index (χ0v) is 8.62. The molecule has 0 aliphatic carbocycles. The molecule has 0 aromatic heterocycles. The summed E-state index contributed by atoms with van der Waals surface area (Å²) in [6, 6.07) is 8.08. The van der Waals surface area contributed by atoms with Crippen molar-refractivity contribution >= 4 is 5.70 Å². The van der Waals surface area contributed by atoms with Crippen LogP contribution in [-0.4, -0.2) is 0 Å². The molecule has 4 N–H and O–H groups in total. The highest BCUT2D eigenvalue weighted by molar-refractivity contribution is 5.64. The minimum atomic E-state index is 0.731. The van der Waals surface area contributed by atoms with Gasteiger partial charge in [0.15, 0.2) is 0 Å². The third-order valence-electron chi connectivity index (χ3n) is 1.91. The lowest BCUT2D eigenvalue weighted by atomic mass is 10.1. The van der Waals surface area contributed by atoms with Gasteiger partial charge in [0.25, 0.3) is 0 Å². The Labute approximate surface area is 84.9 Å². The molecule has 0 amide bonds. The van der Waals surface area contributed by atoms with Crippen molar-refractivity contribution in [3.05, 3.63) is 53.2 Å². The third-order valence-corrected chi connectivity index (χ3v) is 1.91. The van der Waals surface area contributed by atoms with Gasteiger partial charge in [-0.05, 0) is 31.6 Å². The Bertz CT molecular complexity index is 354. The van der Waals surface area contributed by atoms with Crippen molar-refractivity contribution in [3.8, 4) is 0 Å². The summed E-state index contributed by atoms with van der Waals surface area (Å²) in [6.07, 6.45) is 3.62. The number of benzene rings is 1. The van der Waals surface area contributed by atoms with Crippen LogP contribution in [0, 0.1) is 6.92 Å². The van der Waals surface area contributed by atoms with Gasteiger partial charge in [-0.15, -0.1) is 0 Å². The second-order valence-corrected chi connectivity index (χ2v) is 3.40. The smallest absolute Gasteiger partial charge is 0.0388 e. The van der Waals surface area contributed by atoms with E-state index in [1.807, 2.05) is 44.2 Å². The van der Waals surface area contributed by atoms with E-state index in [9.17, 15) is 0 Å². The Morgan fingerprint density at radius 1 is 1.07 bits per heavy atom. The van der Waals surface area contributed by atoms with Gasteiger partial charge < -0.3 is 11.5 Å². The van der Waals surface area contributed by atoms with E-state index < -0.39 is 0 Å². The predicted molar refractivity (Wildman–Crippen MR) is 61.3 cm³/mol. The highest BCUT2D eigenvalue weighted by Gasteiger charge is 1.93. The fourth-order valence-electron chi connectivity index (χ4n) is 1.06. The van der Waals surface area contributed by atoms with Crippen LogP contribution in [0.1, 0.15) is 18.1 Å². The molecule has 1 aromatic rings. The lowest BCUT2D eigenvalue weighted by Gasteiger charge is -2.00. The molecule has 0 saturated heterocycles. The second kappa shape index (κ2) is 4.51. The molecule has 0 fully saturated rings. The van der Waals surface area contributed by atoms with Crippen LogP contribution >= 0.6 is 0 Å². The van der Waals surface area contributed by atoms with Gasteiger partial charge in [-0.3, -0.25) is 0 Å². The molecule has 0 heterocycles. The van der Waals surface area contributed by atoms with Gasteiger partial charge in [0.05, 0.1) is 0 Å². The van der Waals surface area contributed by atoms with Gasteiger partial charge in [-0.25, -0.2) is 0 Å². The molecule has 2 nitrogen and oxygen atoms in total. The molecule has 0 radical (unpaired) electrons. The second-order valence-electron chi connectivity index (χ2n) is 3.40. The van der Waals surface area contributed by atoms with Crippen LogP contribution in [0.25, 0.3) is 5.70 Å². The van der Waals surface area contributed by atoms with E-state index in [1.165, 1.54) is 5.56 Å². The fourth-order valence-corrected chi connectivity index (χ4v) is 1.06. The van der Waals surface area contributed by atoms with Crippen molar-refractivity contribution in [2.24, 2.45) is 11.5 Å². The quantitative estimate of drug-likeness (QED) is 0.699. The minimum absolute atomic E-state index is 0.731. The van der Waals surface area contributed by atoms with Gasteiger partial charge in [-0.2, -0.15) is 0 Å². The summed E-state index contributed by atoms with van der Waals surface area (Å²) in [7, 11) is 0. The zero-order chi connectivity index (χ0) is 10.6. The minimum Gasteiger partial charge on any atom is -0.402 e. The summed E-state index contributed by atoms with van der Waals surface area (Å²) in [6.45, 7) is 3.88. The van der Waals surface area contributed by atoms with Gasteiger partial charge in [0.2, 0.25) is 0 Å². The molecule has 0 atom stereocenters. The van der Waals surface area contributed by atoms with Gasteiger partial charge in [0, 0.05) is 11.4 Å². The number of hydrogen-bond donors (Lipinski definition) is 2. The van der Waals surface area contributed by atoms with Crippen molar-refractivity contribution in [3.63, 3.8) is 0 Å².